The summed E-state index contributed by atoms with van der Waals surface area (Å²) in [5.74, 6) is -1.43. The van der Waals surface area contributed by atoms with E-state index in [0.717, 1.165) is 0 Å². The van der Waals surface area contributed by atoms with Crippen LogP contribution in [0.25, 0.3) is 21.8 Å². The number of nitrogens with zero attached hydrogens (tertiary/aromatic N) is 2. The molecule has 0 atom stereocenters. The average molecular weight is 407 g/mol. The molecule has 0 aliphatic carbocycles. The summed E-state index contributed by atoms with van der Waals surface area (Å²) in [6.07, 6.45) is -0.223. The zero-order valence-electron chi connectivity index (χ0n) is 13.9. The largest absolute Gasteiger partial charge is 0.467 e. The van der Waals surface area contributed by atoms with E-state index in [1.54, 1.807) is 48.5 Å². The molecule has 3 aromatic rings. The summed E-state index contributed by atoms with van der Waals surface area (Å²) in [5.41, 5.74) is 1.25. The topological polar surface area (TPSA) is 121 Å². The molecule has 0 unspecified atom stereocenters. The van der Waals surface area contributed by atoms with Crippen molar-refractivity contribution in [3.05, 3.63) is 54.1 Å². The number of hydrogen-bond acceptors (Lipinski definition) is 6. The highest BCUT2D eigenvalue weighted by Crippen LogP contribution is 2.26. The maximum absolute atomic E-state index is 13.1. The van der Waals surface area contributed by atoms with Gasteiger partial charge < -0.3 is 0 Å². The summed E-state index contributed by atoms with van der Waals surface area (Å²) in [5, 5.41) is 0.984. The predicted molar refractivity (Wildman–Crippen MR) is 98.7 cm³/mol. The Labute approximate surface area is 156 Å². The fraction of sp³-hybridized carbons (Fsp3) is 0.176. The maximum atomic E-state index is 13.1. The first kappa shape index (κ1) is 19.1. The van der Waals surface area contributed by atoms with Crippen molar-refractivity contribution in [3.63, 3.8) is 0 Å². The summed E-state index contributed by atoms with van der Waals surface area (Å²) in [4.78, 5) is 17.5. The minimum atomic E-state index is -4.25. The number of benzene rings is 2. The van der Waals surface area contributed by atoms with Crippen molar-refractivity contribution in [3.8, 4) is 0 Å². The zero-order valence-corrected chi connectivity index (χ0v) is 15.6. The third kappa shape index (κ3) is 4.18. The third-order valence-electron chi connectivity index (χ3n) is 3.97. The number of fused-ring (bicyclic) bond motifs is 2. The quantitative estimate of drug-likeness (QED) is 0.389. The van der Waals surface area contributed by atoms with Crippen LogP contribution in [0.4, 0.5) is 0 Å². The number of para-hydroxylation sites is 2. The number of aromatic nitrogens is 1. The van der Waals surface area contributed by atoms with Crippen molar-refractivity contribution < 1.29 is 30.1 Å². The van der Waals surface area contributed by atoms with Crippen LogP contribution in [0.5, 0.6) is 0 Å². The van der Waals surface area contributed by atoms with Crippen LogP contribution in [0.15, 0.2) is 48.5 Å². The van der Waals surface area contributed by atoms with Crippen molar-refractivity contribution in [1.29, 1.82) is 0 Å². The first-order chi connectivity index (χ1) is 12.8. The van der Waals surface area contributed by atoms with Gasteiger partial charge >= 0.3 is 16.4 Å². The molecular formula is C17H15N2O6S2+. The first-order valence-corrected chi connectivity index (χ1v) is 10.6. The molecule has 140 valence electrons. The summed E-state index contributed by atoms with van der Waals surface area (Å²) < 4.78 is 54.3. The lowest BCUT2D eigenvalue weighted by molar-refractivity contribution is -0.403. The van der Waals surface area contributed by atoms with Crippen molar-refractivity contribution in [1.82, 2.24) is 4.98 Å². The van der Waals surface area contributed by atoms with Gasteiger partial charge in [-0.1, -0.05) is 36.4 Å². The lowest BCUT2D eigenvalue weighted by atomic mass is 10.0. The highest BCUT2D eigenvalue weighted by atomic mass is 32.2. The molecule has 1 aromatic heterocycles. The van der Waals surface area contributed by atoms with Gasteiger partial charge in [-0.05, 0) is 16.1 Å². The Morgan fingerprint density at radius 3 is 2.00 bits per heavy atom. The van der Waals surface area contributed by atoms with Crippen molar-refractivity contribution in [2.24, 2.45) is 0 Å². The molecule has 0 saturated carbocycles. The molecule has 0 saturated heterocycles. The molecule has 0 radical (unpaired) electrons. The van der Waals surface area contributed by atoms with Crippen LogP contribution in [-0.2, 0) is 20.6 Å². The molecule has 0 bridgehead atoms. The normalized spacial score (nSPS) is 11.6. The molecule has 3 rings (SSSR count). The number of amides is 1. The number of rotatable bonds is 5. The van der Waals surface area contributed by atoms with E-state index in [1.165, 1.54) is 0 Å². The Bertz CT molecular complexity index is 1240. The lowest BCUT2D eigenvalue weighted by Crippen LogP contribution is -2.24. The van der Waals surface area contributed by atoms with Crippen LogP contribution < -0.4 is 0 Å². The van der Waals surface area contributed by atoms with Gasteiger partial charge in [-0.25, -0.2) is 9.78 Å². The minimum absolute atomic E-state index is 0.173. The molecule has 0 aliphatic heterocycles. The van der Waals surface area contributed by atoms with Gasteiger partial charge in [0, 0.05) is 17.2 Å². The van der Waals surface area contributed by atoms with Gasteiger partial charge in [0.2, 0.25) is 0 Å². The van der Waals surface area contributed by atoms with Crippen LogP contribution in [0, 0.1) is 0 Å². The average Bonchev–Trinajstić information content (AvgIpc) is 2.61. The zero-order chi connectivity index (χ0) is 19.6. The summed E-state index contributed by atoms with van der Waals surface area (Å²) in [6.45, 7) is -0.375. The van der Waals surface area contributed by atoms with Gasteiger partial charge in [0.05, 0.1) is 16.8 Å². The van der Waals surface area contributed by atoms with Crippen molar-refractivity contribution in [2.75, 3.05) is 12.3 Å². The molecule has 8 nitrogen and oxygen atoms in total. The highest BCUT2D eigenvalue weighted by molar-refractivity contribution is 7.85. The fourth-order valence-corrected chi connectivity index (χ4v) is 3.83. The van der Waals surface area contributed by atoms with E-state index in [0.29, 0.717) is 25.8 Å². The molecule has 1 heterocycles. The highest BCUT2D eigenvalue weighted by Gasteiger charge is 2.28. The third-order valence-corrected chi connectivity index (χ3v) is 5.48. The van der Waals surface area contributed by atoms with E-state index in [9.17, 15) is 21.6 Å². The molecule has 1 N–H and O–H groups in total. The van der Waals surface area contributed by atoms with E-state index in [4.69, 9.17) is 4.55 Å². The van der Waals surface area contributed by atoms with Gasteiger partial charge in [-0.3, -0.25) is 4.55 Å². The van der Waals surface area contributed by atoms with Gasteiger partial charge in [-0.15, -0.1) is 8.42 Å². The maximum Gasteiger partial charge on any atom is 0.467 e. The second kappa shape index (κ2) is 7.51. The fourth-order valence-electron chi connectivity index (χ4n) is 2.83. The minimum Gasteiger partial charge on any atom is -0.286 e. The molecule has 0 fully saturated rings. The van der Waals surface area contributed by atoms with Crippen molar-refractivity contribution >= 4 is 48.3 Å². The predicted octanol–water partition coefficient (Wildman–Crippen LogP) is 1.88. The number of pyridine rings is 1. The van der Waals surface area contributed by atoms with E-state index < -0.39 is 32.3 Å². The SMILES string of the molecule is O=C(c1c2ccccc2nc2ccccc12)[N+](CCCS(=O)(=O)O)=S(=O)=O. The van der Waals surface area contributed by atoms with Gasteiger partial charge in [0.25, 0.3) is 10.1 Å². The van der Waals surface area contributed by atoms with E-state index in [1.807, 2.05) is 0 Å². The van der Waals surface area contributed by atoms with E-state index in [-0.39, 0.29) is 18.5 Å². The van der Waals surface area contributed by atoms with Crippen LogP contribution in [-0.4, -0.2) is 48.5 Å². The number of hydrogen-bond donors (Lipinski definition) is 1. The Morgan fingerprint density at radius 1 is 1.00 bits per heavy atom. The van der Waals surface area contributed by atoms with Crippen LogP contribution in [0.3, 0.4) is 0 Å². The number of carbonyl (C=O) groups excluding carboxylic acids is 1. The standard InChI is InChI=1S/C17H14N2O6S2/c20-17(19(26(21)22)10-5-11-27(23,24)25)16-12-6-1-3-8-14(12)18-15-9-4-2-7-13(15)16/h1-4,6-9H,5,10-11H2/p+1. The lowest BCUT2D eigenvalue weighted by Gasteiger charge is -2.07. The van der Waals surface area contributed by atoms with E-state index in [2.05, 4.69) is 4.98 Å². The van der Waals surface area contributed by atoms with Crippen molar-refractivity contribution in [2.45, 2.75) is 6.42 Å². The Kier molecular flexibility index (Phi) is 5.31. The second-order valence-corrected chi connectivity index (χ2v) is 8.23. The number of carbonyl (C=O) groups is 1. The summed E-state index contributed by atoms with van der Waals surface area (Å²) in [6, 6.07) is 13.7. The molecule has 0 spiro atoms. The van der Waals surface area contributed by atoms with Crippen LogP contribution in [0.2, 0.25) is 0 Å². The molecule has 0 aliphatic rings. The molecule has 10 heteroatoms. The molecule has 2 aromatic carbocycles. The van der Waals surface area contributed by atoms with Crippen LogP contribution >= 0.6 is 0 Å². The smallest absolute Gasteiger partial charge is 0.286 e. The van der Waals surface area contributed by atoms with Gasteiger partial charge in [0.1, 0.15) is 5.56 Å². The molecule has 27 heavy (non-hydrogen) atoms. The van der Waals surface area contributed by atoms with Crippen LogP contribution in [0.1, 0.15) is 16.8 Å². The van der Waals surface area contributed by atoms with Gasteiger partial charge in [-0.2, -0.15) is 8.42 Å². The second-order valence-electron chi connectivity index (χ2n) is 5.79. The van der Waals surface area contributed by atoms with E-state index >= 15 is 0 Å². The summed E-state index contributed by atoms with van der Waals surface area (Å²) >= 11 is 0. The summed E-state index contributed by atoms with van der Waals surface area (Å²) in [7, 11) is -7.17. The Hall–Kier alpha value is -2.69. The first-order valence-electron chi connectivity index (χ1n) is 7.92. The Morgan fingerprint density at radius 2 is 1.52 bits per heavy atom. The van der Waals surface area contributed by atoms with Gasteiger partial charge in [0.15, 0.2) is 6.54 Å². The molecular weight excluding hydrogens is 392 g/mol. The molecule has 1 amide bonds. The Balaban J connectivity index is 2.16. The monoisotopic (exact) mass is 407 g/mol.